The quantitative estimate of drug-likeness (QED) is 0.276. The van der Waals surface area contributed by atoms with Gasteiger partial charge in [0.1, 0.15) is 23.1 Å². The minimum atomic E-state index is -5.00. The molecule has 5 nitrogen and oxygen atoms in total. The number of esters is 1. The van der Waals surface area contributed by atoms with E-state index in [9.17, 15) is 31.1 Å². The Balaban J connectivity index is 1.77. The van der Waals surface area contributed by atoms with Crippen molar-refractivity contribution in [3.8, 4) is 11.5 Å². The van der Waals surface area contributed by atoms with Crippen molar-refractivity contribution in [2.45, 2.75) is 24.9 Å². The molecular weight excluding hydrogens is 454 g/mol. The summed E-state index contributed by atoms with van der Waals surface area (Å²) < 4.78 is 89.1. The topological polar surface area (TPSA) is 65.2 Å². The second kappa shape index (κ2) is 7.26. The number of ether oxygens (including phenoxy) is 1. The van der Waals surface area contributed by atoms with Crippen LogP contribution >= 0.6 is 11.6 Å². The number of rotatable bonds is 3. The highest BCUT2D eigenvalue weighted by atomic mass is 35.5. The average Bonchev–Trinajstić information content (AvgIpc) is 3.29. The number of nitrogens with zero attached hydrogens (tertiary/aromatic N) is 2. The zero-order valence-corrected chi connectivity index (χ0v) is 15.8. The van der Waals surface area contributed by atoms with Crippen LogP contribution in [0.5, 0.6) is 0 Å². The highest BCUT2D eigenvalue weighted by Gasteiger charge is 2.40. The van der Waals surface area contributed by atoms with Crippen molar-refractivity contribution >= 4 is 17.6 Å². The van der Waals surface area contributed by atoms with E-state index in [1.807, 2.05) is 0 Å². The highest BCUT2D eigenvalue weighted by molar-refractivity contribution is 6.28. The Bertz CT molecular complexity index is 1130. The predicted molar refractivity (Wildman–Crippen MR) is 93.1 cm³/mol. The van der Waals surface area contributed by atoms with Gasteiger partial charge in [-0.3, -0.25) is 0 Å². The Morgan fingerprint density at radius 1 is 1.00 bits per heavy atom. The monoisotopic (exact) mass is 462 g/mol. The second-order valence-corrected chi connectivity index (χ2v) is 6.93. The molecule has 0 radical (unpaired) electrons. The van der Waals surface area contributed by atoms with Crippen molar-refractivity contribution in [3.63, 3.8) is 0 Å². The van der Waals surface area contributed by atoms with Gasteiger partial charge in [-0.05, 0) is 47.5 Å². The minimum Gasteiger partial charge on any atom is -0.463 e. The predicted octanol–water partition coefficient (Wildman–Crippen LogP) is 5.88. The molecule has 0 saturated heterocycles. The number of aromatic nitrogens is 2. The van der Waals surface area contributed by atoms with E-state index >= 15 is 0 Å². The Hall–Kier alpha value is -3.08. The molecule has 0 aliphatic carbocycles. The lowest BCUT2D eigenvalue weighted by atomic mass is 9.98. The van der Waals surface area contributed by atoms with Gasteiger partial charge in [0.2, 0.25) is 5.28 Å². The van der Waals surface area contributed by atoms with E-state index in [1.54, 1.807) is 0 Å². The molecule has 1 aromatic carbocycles. The van der Waals surface area contributed by atoms with E-state index in [0.29, 0.717) is 12.1 Å². The molecule has 162 valence electrons. The maximum Gasteiger partial charge on any atom is 0.416 e. The fourth-order valence-corrected chi connectivity index (χ4v) is 3.38. The molecule has 0 N–H and O–H groups in total. The number of carbonyl (C=O) groups is 1. The average molecular weight is 463 g/mol. The first-order valence-electron chi connectivity index (χ1n) is 8.54. The van der Waals surface area contributed by atoms with E-state index in [1.165, 1.54) is 18.4 Å². The molecule has 31 heavy (non-hydrogen) atoms. The van der Waals surface area contributed by atoms with Crippen molar-refractivity contribution in [2.24, 2.45) is 0 Å². The van der Waals surface area contributed by atoms with Crippen molar-refractivity contribution < 1.29 is 40.3 Å². The van der Waals surface area contributed by atoms with Crippen LogP contribution in [0.2, 0.25) is 5.28 Å². The van der Waals surface area contributed by atoms with Gasteiger partial charge in [0.15, 0.2) is 5.76 Å². The Kier molecular flexibility index (Phi) is 4.95. The van der Waals surface area contributed by atoms with Gasteiger partial charge in [0.25, 0.3) is 0 Å². The van der Waals surface area contributed by atoms with Crippen LogP contribution in [0.25, 0.3) is 11.5 Å². The Labute approximate surface area is 174 Å². The van der Waals surface area contributed by atoms with Crippen LogP contribution in [-0.4, -0.2) is 15.9 Å². The molecule has 0 amide bonds. The number of carbonyl (C=O) groups excluding carboxylic acids is 1. The van der Waals surface area contributed by atoms with Crippen LogP contribution in [0.1, 0.15) is 38.8 Å². The normalized spacial score (nSPS) is 16.4. The van der Waals surface area contributed by atoms with Crippen LogP contribution in [0.4, 0.5) is 26.3 Å². The Morgan fingerprint density at radius 3 is 2.19 bits per heavy atom. The molecule has 0 bridgehead atoms. The van der Waals surface area contributed by atoms with E-state index in [4.69, 9.17) is 20.8 Å². The number of hydrogen-bond donors (Lipinski definition) is 0. The molecule has 2 aromatic heterocycles. The number of fused-ring (bicyclic) bond motifs is 1. The van der Waals surface area contributed by atoms with E-state index in [2.05, 4.69) is 9.97 Å². The molecule has 1 unspecified atom stereocenters. The summed E-state index contributed by atoms with van der Waals surface area (Å²) in [5, 5.41) is -0.298. The van der Waals surface area contributed by atoms with Gasteiger partial charge in [-0.15, -0.1) is 0 Å². The molecule has 0 spiro atoms. The summed E-state index contributed by atoms with van der Waals surface area (Å²) in [6.45, 7) is 0. The number of benzene rings is 1. The summed E-state index contributed by atoms with van der Waals surface area (Å²) in [6.07, 6.45) is -10.4. The molecule has 12 heteroatoms. The molecule has 1 aliphatic heterocycles. The summed E-state index contributed by atoms with van der Waals surface area (Å²) in [7, 11) is 0. The summed E-state index contributed by atoms with van der Waals surface area (Å²) >= 11 is 5.90. The number of cyclic esters (lactones) is 1. The zero-order chi connectivity index (χ0) is 22.6. The van der Waals surface area contributed by atoms with Crippen molar-refractivity contribution in [3.05, 3.63) is 69.8 Å². The number of hydrogen-bond acceptors (Lipinski definition) is 5. The van der Waals surface area contributed by atoms with Crippen LogP contribution < -0.4 is 0 Å². The lowest BCUT2D eigenvalue weighted by Crippen LogP contribution is -2.13. The van der Waals surface area contributed by atoms with Gasteiger partial charge in [0, 0.05) is 6.42 Å². The van der Waals surface area contributed by atoms with Crippen molar-refractivity contribution in [1.82, 2.24) is 9.97 Å². The molecule has 0 saturated carbocycles. The number of halogens is 7. The van der Waals surface area contributed by atoms with Gasteiger partial charge in [-0.2, -0.15) is 26.3 Å². The SMILES string of the molecule is O=C1OC(Cc2cc(C(F)(F)F)cc(C(F)(F)F)c2)c2nc(Cl)nc(-c3ccco3)c21. The fraction of sp³-hybridized carbons (Fsp3) is 0.211. The third kappa shape index (κ3) is 4.09. The Morgan fingerprint density at radius 2 is 1.65 bits per heavy atom. The van der Waals surface area contributed by atoms with E-state index in [0.717, 1.165) is 0 Å². The van der Waals surface area contributed by atoms with Gasteiger partial charge >= 0.3 is 18.3 Å². The van der Waals surface area contributed by atoms with Crippen molar-refractivity contribution in [2.75, 3.05) is 0 Å². The summed E-state index contributed by atoms with van der Waals surface area (Å²) in [5.41, 5.74) is -3.46. The minimum absolute atomic E-state index is 0.00697. The maximum absolute atomic E-state index is 13.1. The van der Waals surface area contributed by atoms with Crippen LogP contribution in [0, 0.1) is 0 Å². The second-order valence-electron chi connectivity index (χ2n) is 6.59. The molecule has 4 rings (SSSR count). The third-order valence-electron chi connectivity index (χ3n) is 4.49. The number of furan rings is 1. The molecule has 1 atom stereocenters. The molecule has 1 aliphatic rings. The van der Waals surface area contributed by atoms with Crippen molar-refractivity contribution in [1.29, 1.82) is 0 Å². The molecular formula is C19H9ClF6N2O3. The standard InChI is InChI=1S/C19H9ClF6N2O3/c20-17-27-14(11-2-1-3-30-11)13-15(28-17)12(31-16(13)29)6-8-4-9(18(21,22)23)7-10(5-8)19(24,25)26/h1-5,7,12H,6H2. The summed E-state index contributed by atoms with van der Waals surface area (Å²) in [4.78, 5) is 20.3. The smallest absolute Gasteiger partial charge is 0.416 e. The van der Waals surface area contributed by atoms with Gasteiger partial charge < -0.3 is 9.15 Å². The first kappa shape index (κ1) is 21.2. The first-order chi connectivity index (χ1) is 14.4. The zero-order valence-electron chi connectivity index (χ0n) is 15.0. The molecule has 0 fully saturated rings. The van der Waals surface area contributed by atoms with Gasteiger partial charge in [0.05, 0.1) is 17.4 Å². The van der Waals surface area contributed by atoms with Crippen LogP contribution in [0.3, 0.4) is 0 Å². The molecule has 3 aromatic rings. The van der Waals surface area contributed by atoms with Crippen LogP contribution in [0.15, 0.2) is 41.0 Å². The lowest BCUT2D eigenvalue weighted by Gasteiger charge is -2.16. The highest BCUT2D eigenvalue weighted by Crippen LogP contribution is 2.40. The number of alkyl halides is 6. The first-order valence-corrected chi connectivity index (χ1v) is 8.92. The largest absolute Gasteiger partial charge is 0.463 e. The lowest BCUT2D eigenvalue weighted by molar-refractivity contribution is -0.143. The third-order valence-corrected chi connectivity index (χ3v) is 4.66. The van der Waals surface area contributed by atoms with Crippen LogP contribution in [-0.2, 0) is 23.5 Å². The summed E-state index contributed by atoms with van der Waals surface area (Å²) in [5.74, 6) is -0.734. The van der Waals surface area contributed by atoms with Gasteiger partial charge in [-0.25, -0.2) is 14.8 Å². The fourth-order valence-electron chi connectivity index (χ4n) is 3.21. The summed E-state index contributed by atoms with van der Waals surface area (Å²) in [6, 6.07) is 4.17. The molecule has 3 heterocycles. The maximum atomic E-state index is 13.1. The van der Waals surface area contributed by atoms with E-state index in [-0.39, 0.29) is 39.6 Å². The van der Waals surface area contributed by atoms with Gasteiger partial charge in [-0.1, -0.05) is 0 Å². The van der Waals surface area contributed by atoms with E-state index < -0.39 is 42.0 Å².